The van der Waals surface area contributed by atoms with E-state index in [1.165, 1.54) is 5.56 Å². The maximum Gasteiger partial charge on any atom is 0.113 e. The van der Waals surface area contributed by atoms with Crippen LogP contribution < -0.4 is 0 Å². The van der Waals surface area contributed by atoms with Crippen LogP contribution in [0.4, 0.5) is 0 Å². The number of benzene rings is 1. The van der Waals surface area contributed by atoms with Crippen molar-refractivity contribution < 1.29 is 5.11 Å². The third-order valence-electron chi connectivity index (χ3n) is 2.60. The summed E-state index contributed by atoms with van der Waals surface area (Å²) in [4.78, 5) is 1.06. The van der Waals surface area contributed by atoms with E-state index >= 15 is 0 Å². The van der Waals surface area contributed by atoms with Gasteiger partial charge in [0.05, 0.1) is 0 Å². The predicted octanol–water partition coefficient (Wildman–Crippen LogP) is 4.15. The lowest BCUT2D eigenvalue weighted by molar-refractivity contribution is 0.223. The summed E-state index contributed by atoms with van der Waals surface area (Å²) >= 11 is 5.01. The molecule has 0 aliphatic carbocycles. The van der Waals surface area contributed by atoms with Crippen LogP contribution in [0.2, 0.25) is 0 Å². The van der Waals surface area contributed by atoms with Gasteiger partial charge < -0.3 is 5.11 Å². The second-order valence-corrected chi connectivity index (χ2v) is 5.48. The fraction of sp³-hybridized carbons (Fsp3) is 0.231. The highest BCUT2D eigenvalue weighted by Gasteiger charge is 2.14. The van der Waals surface area contributed by atoms with Crippen LogP contribution in [0.15, 0.2) is 40.2 Å². The standard InChI is InChI=1S/C13H13BrOS/c1-2-9-7-8-16-13(9)12(15)10-3-5-11(14)6-4-10/h3-8,12,15H,2H2,1H3. The van der Waals surface area contributed by atoms with E-state index in [1.54, 1.807) is 11.3 Å². The van der Waals surface area contributed by atoms with E-state index < -0.39 is 6.10 Å². The van der Waals surface area contributed by atoms with Crippen LogP contribution in [0.1, 0.15) is 29.0 Å². The minimum atomic E-state index is -0.497. The van der Waals surface area contributed by atoms with Crippen LogP contribution in [0, 0.1) is 0 Å². The van der Waals surface area contributed by atoms with Crippen molar-refractivity contribution in [1.82, 2.24) is 0 Å². The third-order valence-corrected chi connectivity index (χ3v) is 4.14. The van der Waals surface area contributed by atoms with Crippen LogP contribution in [0.5, 0.6) is 0 Å². The molecule has 0 aliphatic rings. The van der Waals surface area contributed by atoms with Crippen molar-refractivity contribution in [3.63, 3.8) is 0 Å². The van der Waals surface area contributed by atoms with Crippen molar-refractivity contribution in [1.29, 1.82) is 0 Å². The molecule has 1 aromatic carbocycles. The highest BCUT2D eigenvalue weighted by atomic mass is 79.9. The Morgan fingerprint density at radius 2 is 1.94 bits per heavy atom. The lowest BCUT2D eigenvalue weighted by atomic mass is 10.0. The molecule has 0 saturated carbocycles. The van der Waals surface area contributed by atoms with E-state index in [1.807, 2.05) is 29.6 Å². The van der Waals surface area contributed by atoms with Gasteiger partial charge in [0.2, 0.25) is 0 Å². The van der Waals surface area contributed by atoms with Gasteiger partial charge in [-0.2, -0.15) is 0 Å². The summed E-state index contributed by atoms with van der Waals surface area (Å²) < 4.78 is 1.03. The van der Waals surface area contributed by atoms with Crippen molar-refractivity contribution in [2.45, 2.75) is 19.4 Å². The van der Waals surface area contributed by atoms with E-state index in [0.29, 0.717) is 0 Å². The summed E-state index contributed by atoms with van der Waals surface area (Å²) in [5.41, 5.74) is 2.18. The fourth-order valence-electron chi connectivity index (χ4n) is 1.68. The second kappa shape index (κ2) is 5.13. The van der Waals surface area contributed by atoms with Gasteiger partial charge in [-0.05, 0) is 41.1 Å². The van der Waals surface area contributed by atoms with Crippen molar-refractivity contribution in [2.75, 3.05) is 0 Å². The lowest BCUT2D eigenvalue weighted by Crippen LogP contribution is -1.99. The molecule has 16 heavy (non-hydrogen) atoms. The van der Waals surface area contributed by atoms with Crippen LogP contribution in [0.3, 0.4) is 0 Å². The maximum atomic E-state index is 10.3. The Morgan fingerprint density at radius 3 is 2.56 bits per heavy atom. The van der Waals surface area contributed by atoms with E-state index in [2.05, 4.69) is 28.9 Å². The molecular weight excluding hydrogens is 284 g/mol. The Balaban J connectivity index is 2.31. The van der Waals surface area contributed by atoms with Crippen molar-refractivity contribution >= 4 is 27.3 Å². The Morgan fingerprint density at radius 1 is 1.25 bits per heavy atom. The molecule has 2 rings (SSSR count). The van der Waals surface area contributed by atoms with Crippen molar-refractivity contribution in [3.05, 3.63) is 56.2 Å². The molecule has 1 aromatic heterocycles. The minimum Gasteiger partial charge on any atom is -0.383 e. The minimum absolute atomic E-state index is 0.497. The monoisotopic (exact) mass is 296 g/mol. The highest BCUT2D eigenvalue weighted by Crippen LogP contribution is 2.30. The quantitative estimate of drug-likeness (QED) is 0.902. The topological polar surface area (TPSA) is 20.2 Å². The van der Waals surface area contributed by atoms with Gasteiger partial charge >= 0.3 is 0 Å². The molecule has 1 atom stereocenters. The van der Waals surface area contributed by atoms with Gasteiger partial charge in [0.25, 0.3) is 0 Å². The summed E-state index contributed by atoms with van der Waals surface area (Å²) in [6.45, 7) is 2.11. The molecule has 1 N–H and O–H groups in total. The molecule has 0 bridgehead atoms. The highest BCUT2D eigenvalue weighted by molar-refractivity contribution is 9.10. The first-order valence-corrected chi connectivity index (χ1v) is 6.89. The Kier molecular flexibility index (Phi) is 3.79. The van der Waals surface area contributed by atoms with Gasteiger partial charge in [0.15, 0.2) is 0 Å². The van der Waals surface area contributed by atoms with Crippen LogP contribution >= 0.6 is 27.3 Å². The molecule has 0 aliphatic heterocycles. The van der Waals surface area contributed by atoms with Crippen LogP contribution in [-0.2, 0) is 6.42 Å². The lowest BCUT2D eigenvalue weighted by Gasteiger charge is -2.11. The summed E-state index contributed by atoms with van der Waals surface area (Å²) in [6, 6.07) is 9.90. The van der Waals surface area contributed by atoms with Gasteiger partial charge in [-0.15, -0.1) is 11.3 Å². The number of halogens is 1. The van der Waals surface area contributed by atoms with E-state index in [0.717, 1.165) is 21.3 Å². The molecule has 1 heterocycles. The number of hydrogen-bond donors (Lipinski definition) is 1. The molecule has 0 fully saturated rings. The summed E-state index contributed by atoms with van der Waals surface area (Å²) in [5.74, 6) is 0. The molecule has 1 unspecified atom stereocenters. The van der Waals surface area contributed by atoms with Gasteiger partial charge in [-0.3, -0.25) is 0 Å². The summed E-state index contributed by atoms with van der Waals surface area (Å²) in [6.07, 6.45) is 0.468. The van der Waals surface area contributed by atoms with E-state index in [4.69, 9.17) is 0 Å². The smallest absolute Gasteiger partial charge is 0.113 e. The Bertz CT molecular complexity index is 461. The third kappa shape index (κ3) is 2.37. The zero-order valence-electron chi connectivity index (χ0n) is 8.98. The van der Waals surface area contributed by atoms with E-state index in [-0.39, 0.29) is 0 Å². The Hall–Kier alpha value is -0.640. The molecule has 0 amide bonds. The van der Waals surface area contributed by atoms with Gasteiger partial charge in [-0.1, -0.05) is 35.0 Å². The molecule has 0 radical (unpaired) electrons. The first kappa shape index (κ1) is 11.8. The molecule has 0 spiro atoms. The molecule has 84 valence electrons. The molecule has 0 saturated heterocycles. The molecule has 1 nitrogen and oxygen atoms in total. The zero-order chi connectivity index (χ0) is 11.5. The SMILES string of the molecule is CCc1ccsc1C(O)c1ccc(Br)cc1. The first-order chi connectivity index (χ1) is 7.72. The largest absolute Gasteiger partial charge is 0.383 e. The second-order valence-electron chi connectivity index (χ2n) is 3.62. The Labute approximate surface area is 108 Å². The molecule has 3 heteroatoms. The maximum absolute atomic E-state index is 10.3. The number of aliphatic hydroxyl groups excluding tert-OH is 1. The normalized spacial score (nSPS) is 12.7. The fourth-order valence-corrected chi connectivity index (χ4v) is 2.95. The van der Waals surface area contributed by atoms with Crippen molar-refractivity contribution in [2.24, 2.45) is 0 Å². The number of hydrogen-bond acceptors (Lipinski definition) is 2. The molecular formula is C13H13BrOS. The summed E-state index contributed by atoms with van der Waals surface area (Å²) in [7, 11) is 0. The predicted molar refractivity (Wildman–Crippen MR) is 71.9 cm³/mol. The number of aliphatic hydroxyl groups is 1. The van der Waals surface area contributed by atoms with E-state index in [9.17, 15) is 5.11 Å². The summed E-state index contributed by atoms with van der Waals surface area (Å²) in [5, 5.41) is 12.3. The van der Waals surface area contributed by atoms with Gasteiger partial charge in [0.1, 0.15) is 6.10 Å². The molecule has 2 aromatic rings. The average molecular weight is 297 g/mol. The van der Waals surface area contributed by atoms with Crippen molar-refractivity contribution in [3.8, 4) is 0 Å². The van der Waals surface area contributed by atoms with Crippen LogP contribution in [0.25, 0.3) is 0 Å². The van der Waals surface area contributed by atoms with Crippen LogP contribution in [-0.4, -0.2) is 5.11 Å². The number of aryl methyl sites for hydroxylation is 1. The number of thiophene rings is 1. The van der Waals surface area contributed by atoms with Gasteiger partial charge in [0, 0.05) is 9.35 Å². The van der Waals surface area contributed by atoms with Gasteiger partial charge in [-0.25, -0.2) is 0 Å². The number of rotatable bonds is 3. The first-order valence-electron chi connectivity index (χ1n) is 5.22. The zero-order valence-corrected chi connectivity index (χ0v) is 11.4. The average Bonchev–Trinajstić information content (AvgIpc) is 2.77.